The maximum absolute atomic E-state index is 12.7. The quantitative estimate of drug-likeness (QED) is 0.701. The van der Waals surface area contributed by atoms with Crippen LogP contribution < -0.4 is 20.1 Å². The van der Waals surface area contributed by atoms with Crippen molar-refractivity contribution in [3.05, 3.63) is 72.3 Å². The molecule has 2 N–H and O–H groups in total. The molecule has 0 saturated heterocycles. The van der Waals surface area contributed by atoms with E-state index in [9.17, 15) is 4.79 Å². The highest BCUT2D eigenvalue weighted by atomic mass is 16.5. The Morgan fingerprint density at radius 1 is 1.07 bits per heavy atom. The second kappa shape index (κ2) is 8.27. The van der Waals surface area contributed by atoms with Gasteiger partial charge in [0.2, 0.25) is 0 Å². The van der Waals surface area contributed by atoms with Crippen LogP contribution in [-0.4, -0.2) is 29.8 Å². The Kier molecular flexibility index (Phi) is 5.61. The summed E-state index contributed by atoms with van der Waals surface area (Å²) in [4.78, 5) is 17.0. The highest BCUT2D eigenvalue weighted by molar-refractivity contribution is 5.91. The van der Waals surface area contributed by atoms with Crippen LogP contribution in [0.3, 0.4) is 0 Å². The third-order valence-electron chi connectivity index (χ3n) is 4.20. The summed E-state index contributed by atoms with van der Waals surface area (Å²) in [5, 5.41) is 5.81. The topological polar surface area (TPSA) is 77.4 Å². The van der Waals surface area contributed by atoms with Crippen molar-refractivity contribution in [1.82, 2.24) is 14.9 Å². The highest BCUT2D eigenvalue weighted by Gasteiger charge is 2.21. The number of anilines is 1. The van der Waals surface area contributed by atoms with Gasteiger partial charge in [-0.2, -0.15) is 0 Å². The molecule has 1 aromatic heterocycles. The van der Waals surface area contributed by atoms with E-state index in [1.54, 1.807) is 32.5 Å². The largest absolute Gasteiger partial charge is 0.497 e. The molecule has 27 heavy (non-hydrogen) atoms. The zero-order valence-electron chi connectivity index (χ0n) is 15.5. The fourth-order valence-corrected chi connectivity index (χ4v) is 2.79. The van der Waals surface area contributed by atoms with Crippen LogP contribution in [-0.2, 0) is 7.05 Å². The summed E-state index contributed by atoms with van der Waals surface area (Å²) in [5.74, 6) is 2.05. The van der Waals surface area contributed by atoms with Crippen LogP contribution in [0, 0.1) is 0 Å². The van der Waals surface area contributed by atoms with Crippen LogP contribution in [0.25, 0.3) is 0 Å². The number of para-hydroxylation sites is 2. The number of hydrogen-bond acceptors (Lipinski definition) is 4. The van der Waals surface area contributed by atoms with Crippen molar-refractivity contribution in [3.8, 4) is 11.5 Å². The average molecular weight is 366 g/mol. The summed E-state index contributed by atoms with van der Waals surface area (Å²) in [6.07, 6.45) is 3.54. The Morgan fingerprint density at radius 2 is 1.81 bits per heavy atom. The lowest BCUT2D eigenvalue weighted by atomic mass is 10.1. The molecule has 0 saturated carbocycles. The summed E-state index contributed by atoms with van der Waals surface area (Å²) in [6.45, 7) is 0. The molecule has 2 aromatic carbocycles. The number of nitrogens with one attached hydrogen (secondary N) is 2. The summed E-state index contributed by atoms with van der Waals surface area (Å²) in [6, 6.07) is 14.0. The van der Waals surface area contributed by atoms with Crippen molar-refractivity contribution < 1.29 is 14.3 Å². The van der Waals surface area contributed by atoms with Crippen LogP contribution in [0.1, 0.15) is 17.4 Å². The fraction of sp³-hybridized carbons (Fsp3) is 0.200. The number of hydrogen-bond donors (Lipinski definition) is 2. The number of aryl methyl sites for hydroxylation is 1. The second-order valence-electron chi connectivity index (χ2n) is 5.90. The van der Waals surface area contributed by atoms with E-state index in [1.165, 1.54) is 0 Å². The number of nitrogens with zero attached hydrogens (tertiary/aromatic N) is 2. The molecule has 140 valence electrons. The normalized spacial score (nSPS) is 11.5. The lowest BCUT2D eigenvalue weighted by Crippen LogP contribution is -2.34. The highest BCUT2D eigenvalue weighted by Crippen LogP contribution is 2.25. The Hall–Kier alpha value is -3.48. The molecule has 0 radical (unpaired) electrons. The number of carbonyl (C=O) groups is 1. The molecule has 2 amide bonds. The van der Waals surface area contributed by atoms with Crippen molar-refractivity contribution in [1.29, 1.82) is 0 Å². The minimum Gasteiger partial charge on any atom is -0.497 e. The zero-order valence-corrected chi connectivity index (χ0v) is 15.5. The van der Waals surface area contributed by atoms with E-state index in [1.807, 2.05) is 54.2 Å². The lowest BCUT2D eigenvalue weighted by molar-refractivity contribution is 0.249. The van der Waals surface area contributed by atoms with Gasteiger partial charge in [0, 0.05) is 19.4 Å². The van der Waals surface area contributed by atoms with E-state index in [0.29, 0.717) is 11.4 Å². The van der Waals surface area contributed by atoms with Crippen molar-refractivity contribution in [2.24, 2.45) is 7.05 Å². The van der Waals surface area contributed by atoms with Crippen molar-refractivity contribution >= 4 is 11.7 Å². The molecule has 7 heteroatoms. The predicted octanol–water partition coefficient (Wildman–Crippen LogP) is 3.35. The molecule has 1 unspecified atom stereocenters. The second-order valence-corrected chi connectivity index (χ2v) is 5.90. The fourth-order valence-electron chi connectivity index (χ4n) is 2.79. The number of aromatic nitrogens is 2. The van der Waals surface area contributed by atoms with Gasteiger partial charge in [0.25, 0.3) is 0 Å². The van der Waals surface area contributed by atoms with Gasteiger partial charge in [-0.1, -0.05) is 24.3 Å². The number of benzene rings is 2. The maximum Gasteiger partial charge on any atom is 0.320 e. The minimum atomic E-state index is -0.425. The standard InChI is InChI=1S/C20H22N4O3/c1-24-13-12-21-19(24)18(14-8-10-15(26-2)11-9-14)23-20(25)22-16-6-4-5-7-17(16)27-3/h4-13,18H,1-3H3,(H2,22,23,25). The van der Waals surface area contributed by atoms with E-state index >= 15 is 0 Å². The number of imidazole rings is 1. The predicted molar refractivity (Wildman–Crippen MR) is 103 cm³/mol. The Morgan fingerprint density at radius 3 is 2.44 bits per heavy atom. The lowest BCUT2D eigenvalue weighted by Gasteiger charge is -2.20. The van der Waals surface area contributed by atoms with Gasteiger partial charge in [0.05, 0.1) is 19.9 Å². The van der Waals surface area contributed by atoms with Crippen LogP contribution in [0.2, 0.25) is 0 Å². The Balaban J connectivity index is 1.85. The summed E-state index contributed by atoms with van der Waals surface area (Å²) in [7, 11) is 5.06. The molecule has 3 aromatic rings. The van der Waals surface area contributed by atoms with Crippen LogP contribution in [0.4, 0.5) is 10.5 Å². The smallest absolute Gasteiger partial charge is 0.320 e. The van der Waals surface area contributed by atoms with Gasteiger partial charge >= 0.3 is 6.03 Å². The monoisotopic (exact) mass is 366 g/mol. The molecule has 1 heterocycles. The molecule has 7 nitrogen and oxygen atoms in total. The summed E-state index contributed by atoms with van der Waals surface area (Å²) >= 11 is 0. The molecule has 0 aliphatic rings. The average Bonchev–Trinajstić information content (AvgIpc) is 3.12. The van der Waals surface area contributed by atoms with E-state index in [0.717, 1.165) is 17.1 Å². The third-order valence-corrected chi connectivity index (χ3v) is 4.20. The Labute approximate surface area is 157 Å². The molecular weight excluding hydrogens is 344 g/mol. The molecular formula is C20H22N4O3. The molecule has 3 rings (SSSR count). The van der Waals surface area contributed by atoms with E-state index in [4.69, 9.17) is 9.47 Å². The zero-order chi connectivity index (χ0) is 19.2. The summed E-state index contributed by atoms with van der Waals surface area (Å²) in [5.41, 5.74) is 1.48. The number of urea groups is 1. The van der Waals surface area contributed by atoms with Gasteiger partial charge in [-0.3, -0.25) is 0 Å². The molecule has 0 aliphatic heterocycles. The van der Waals surface area contributed by atoms with E-state index in [2.05, 4.69) is 15.6 Å². The van der Waals surface area contributed by atoms with Crippen LogP contribution >= 0.6 is 0 Å². The van der Waals surface area contributed by atoms with E-state index < -0.39 is 6.04 Å². The first-order valence-electron chi connectivity index (χ1n) is 8.44. The SMILES string of the molecule is COc1ccc(C(NC(=O)Nc2ccccc2OC)c2nccn2C)cc1. The van der Waals surface area contributed by atoms with E-state index in [-0.39, 0.29) is 6.03 Å². The van der Waals surface area contributed by atoms with Gasteiger partial charge in [0.1, 0.15) is 23.4 Å². The summed E-state index contributed by atoms with van der Waals surface area (Å²) < 4.78 is 12.4. The first-order chi connectivity index (χ1) is 13.1. The molecule has 0 aliphatic carbocycles. The molecule has 1 atom stereocenters. The van der Waals surface area contributed by atoms with Gasteiger partial charge in [-0.25, -0.2) is 9.78 Å². The number of ether oxygens (including phenoxy) is 2. The van der Waals surface area contributed by atoms with Crippen LogP contribution in [0.5, 0.6) is 11.5 Å². The van der Waals surface area contributed by atoms with Gasteiger partial charge < -0.3 is 24.7 Å². The number of amides is 2. The van der Waals surface area contributed by atoms with Gasteiger partial charge in [0.15, 0.2) is 0 Å². The van der Waals surface area contributed by atoms with Crippen molar-refractivity contribution in [3.63, 3.8) is 0 Å². The van der Waals surface area contributed by atoms with Crippen molar-refractivity contribution in [2.75, 3.05) is 19.5 Å². The minimum absolute atomic E-state index is 0.358. The molecule has 0 bridgehead atoms. The maximum atomic E-state index is 12.7. The molecule has 0 fully saturated rings. The third kappa shape index (κ3) is 4.20. The first-order valence-corrected chi connectivity index (χ1v) is 8.44. The number of rotatable bonds is 6. The van der Waals surface area contributed by atoms with Gasteiger partial charge in [-0.05, 0) is 29.8 Å². The van der Waals surface area contributed by atoms with Gasteiger partial charge in [-0.15, -0.1) is 0 Å². The molecule has 0 spiro atoms. The van der Waals surface area contributed by atoms with Crippen molar-refractivity contribution in [2.45, 2.75) is 6.04 Å². The number of carbonyl (C=O) groups excluding carboxylic acids is 1. The Bertz CT molecular complexity index is 906. The first kappa shape index (κ1) is 18.3. The van der Waals surface area contributed by atoms with Crippen LogP contribution in [0.15, 0.2) is 60.9 Å². The number of methoxy groups -OCH3 is 2.